The number of ether oxygens (including phenoxy) is 2. The second kappa shape index (κ2) is 12.1. The maximum atomic E-state index is 13.6. The van der Waals surface area contributed by atoms with Gasteiger partial charge in [-0.15, -0.1) is 0 Å². The fraction of sp³-hybridized carbons (Fsp3) is 0.382. The minimum atomic E-state index is -4.48. The van der Waals surface area contributed by atoms with Crippen molar-refractivity contribution in [1.82, 2.24) is 10.2 Å². The first-order valence-corrected chi connectivity index (χ1v) is 14.8. The number of hydrogen-bond acceptors (Lipinski definition) is 5. The summed E-state index contributed by atoms with van der Waals surface area (Å²) >= 11 is 0. The molecule has 3 aliphatic rings. The molecule has 7 nitrogen and oxygen atoms in total. The lowest BCUT2D eigenvalue weighted by molar-refractivity contribution is -0.137. The molecule has 6 rings (SSSR count). The Morgan fingerprint density at radius 1 is 0.977 bits per heavy atom. The molecular weight excluding hydrogens is 573 g/mol. The van der Waals surface area contributed by atoms with Gasteiger partial charge in [-0.2, -0.15) is 13.2 Å². The molecule has 2 aliphatic heterocycles. The molecule has 0 unspecified atom stereocenters. The summed E-state index contributed by atoms with van der Waals surface area (Å²) in [6, 6.07) is 17.0. The largest absolute Gasteiger partial charge is 0.490 e. The Labute approximate surface area is 253 Å². The van der Waals surface area contributed by atoms with Crippen LogP contribution < -0.4 is 10.1 Å². The summed E-state index contributed by atoms with van der Waals surface area (Å²) in [5, 5.41) is 3.15. The van der Waals surface area contributed by atoms with Crippen LogP contribution in [0.2, 0.25) is 0 Å². The molecule has 1 fully saturated rings. The predicted molar refractivity (Wildman–Crippen MR) is 156 cm³/mol. The van der Waals surface area contributed by atoms with Crippen LogP contribution in [0.3, 0.4) is 0 Å². The summed E-state index contributed by atoms with van der Waals surface area (Å²) in [4.78, 5) is 40.9. The number of Topliss-reactive ketones (excluding diaryl/α,β-unsaturated/α-hetero) is 1. The summed E-state index contributed by atoms with van der Waals surface area (Å²) < 4.78 is 51.0. The van der Waals surface area contributed by atoms with Crippen LogP contribution in [0.5, 0.6) is 5.75 Å². The van der Waals surface area contributed by atoms with E-state index >= 15 is 0 Å². The van der Waals surface area contributed by atoms with Crippen molar-refractivity contribution in [2.75, 3.05) is 13.7 Å². The minimum absolute atomic E-state index is 0.0498. The van der Waals surface area contributed by atoms with E-state index in [1.54, 1.807) is 30.1 Å². The molecule has 1 N–H and O–H groups in total. The number of rotatable bonds is 6. The van der Waals surface area contributed by atoms with Gasteiger partial charge in [0.2, 0.25) is 5.91 Å². The van der Waals surface area contributed by atoms with E-state index in [1.807, 2.05) is 12.1 Å². The number of hydrogen-bond donors (Lipinski definition) is 1. The van der Waals surface area contributed by atoms with Gasteiger partial charge >= 0.3 is 6.18 Å². The molecule has 3 atom stereocenters. The topological polar surface area (TPSA) is 84.9 Å². The Hall–Kier alpha value is -4.18. The highest BCUT2D eigenvalue weighted by atomic mass is 19.4. The lowest BCUT2D eigenvalue weighted by Crippen LogP contribution is -2.54. The molecule has 44 heavy (non-hydrogen) atoms. The summed E-state index contributed by atoms with van der Waals surface area (Å²) in [7, 11) is 1.71. The number of amides is 2. The number of ketones is 1. The van der Waals surface area contributed by atoms with Crippen LogP contribution in [0, 0.1) is 0 Å². The molecule has 2 heterocycles. The van der Waals surface area contributed by atoms with Crippen molar-refractivity contribution >= 4 is 17.6 Å². The monoisotopic (exact) mass is 606 g/mol. The van der Waals surface area contributed by atoms with Crippen molar-refractivity contribution in [2.45, 2.75) is 69.0 Å². The van der Waals surface area contributed by atoms with E-state index in [0.29, 0.717) is 29.7 Å². The minimum Gasteiger partial charge on any atom is -0.490 e. The molecule has 2 amide bonds. The normalized spacial score (nSPS) is 21.8. The molecule has 3 aromatic rings. The van der Waals surface area contributed by atoms with Crippen LogP contribution >= 0.6 is 0 Å². The van der Waals surface area contributed by atoms with Crippen LogP contribution in [-0.4, -0.2) is 60.4 Å². The lowest BCUT2D eigenvalue weighted by Gasteiger charge is -2.42. The predicted octanol–water partition coefficient (Wildman–Crippen LogP) is 5.19. The number of halogens is 3. The van der Waals surface area contributed by atoms with E-state index < -0.39 is 17.8 Å². The van der Waals surface area contributed by atoms with Gasteiger partial charge in [0.05, 0.1) is 29.7 Å². The third-order valence-electron chi connectivity index (χ3n) is 8.80. The van der Waals surface area contributed by atoms with Crippen molar-refractivity contribution in [3.05, 3.63) is 100 Å². The zero-order valence-electron chi connectivity index (χ0n) is 24.2. The zero-order valence-corrected chi connectivity index (χ0v) is 24.2. The van der Waals surface area contributed by atoms with Gasteiger partial charge in [0.1, 0.15) is 18.5 Å². The number of carbonyl (C=O) groups excluding carboxylic acids is 3. The average Bonchev–Trinajstić information content (AvgIpc) is 3.41. The van der Waals surface area contributed by atoms with Gasteiger partial charge in [-0.3, -0.25) is 14.4 Å². The Morgan fingerprint density at radius 2 is 1.68 bits per heavy atom. The summed E-state index contributed by atoms with van der Waals surface area (Å²) in [6.07, 6.45) is -2.13. The van der Waals surface area contributed by atoms with Gasteiger partial charge in [0.15, 0.2) is 5.78 Å². The van der Waals surface area contributed by atoms with E-state index in [2.05, 4.69) is 17.4 Å². The van der Waals surface area contributed by atoms with Crippen molar-refractivity contribution in [3.8, 4) is 5.75 Å². The molecule has 10 heteroatoms. The smallest absolute Gasteiger partial charge is 0.416 e. The molecule has 0 spiro atoms. The van der Waals surface area contributed by atoms with E-state index in [4.69, 9.17) is 9.47 Å². The maximum Gasteiger partial charge on any atom is 0.416 e. The quantitative estimate of drug-likeness (QED) is 0.391. The van der Waals surface area contributed by atoms with Crippen molar-refractivity contribution in [1.29, 1.82) is 0 Å². The van der Waals surface area contributed by atoms with Gasteiger partial charge in [-0.25, -0.2) is 0 Å². The van der Waals surface area contributed by atoms with E-state index in [0.717, 1.165) is 37.1 Å². The van der Waals surface area contributed by atoms with Gasteiger partial charge in [-0.1, -0.05) is 42.5 Å². The Morgan fingerprint density at radius 3 is 2.36 bits per heavy atom. The van der Waals surface area contributed by atoms with Crippen molar-refractivity contribution in [2.24, 2.45) is 0 Å². The first kappa shape index (κ1) is 29.9. The summed E-state index contributed by atoms with van der Waals surface area (Å²) in [5.74, 6) is -0.333. The molecule has 1 aliphatic carbocycles. The van der Waals surface area contributed by atoms with Crippen molar-refractivity contribution in [3.63, 3.8) is 0 Å². The third kappa shape index (κ3) is 6.36. The van der Waals surface area contributed by atoms with Gasteiger partial charge in [0.25, 0.3) is 5.91 Å². The molecule has 230 valence electrons. The molecule has 0 saturated carbocycles. The number of benzene rings is 3. The number of nitrogens with one attached hydrogen (secondary N) is 1. The highest BCUT2D eigenvalue weighted by Crippen LogP contribution is 2.33. The SMILES string of the molecule is CN1C(=O)c2cc(CC(=O)c3ccc(C(F)(F)F)cc3)ccc2OC[C@@H]2O[C@@H](CC(=O)NC3Cc4ccccc4C3)CC[C@@H]21. The van der Waals surface area contributed by atoms with E-state index in [9.17, 15) is 27.6 Å². The Balaban J connectivity index is 1.07. The first-order chi connectivity index (χ1) is 21.0. The molecular formula is C34H33F3N2O5. The summed E-state index contributed by atoms with van der Waals surface area (Å²) in [6.45, 7) is 0.190. The van der Waals surface area contributed by atoms with Gasteiger partial charge in [-0.05, 0) is 66.6 Å². The van der Waals surface area contributed by atoms with Gasteiger partial charge in [0, 0.05) is 25.1 Å². The number of nitrogens with zero attached hydrogens (tertiary/aromatic N) is 1. The number of carbonyl (C=O) groups is 3. The van der Waals surface area contributed by atoms with Gasteiger partial charge < -0.3 is 19.7 Å². The second-order valence-corrected chi connectivity index (χ2v) is 11.8. The highest BCUT2D eigenvalue weighted by molar-refractivity contribution is 5.99. The summed E-state index contributed by atoms with van der Waals surface area (Å²) in [5.41, 5.74) is 2.73. The maximum absolute atomic E-state index is 13.6. The van der Waals surface area contributed by atoms with Crippen LogP contribution in [0.15, 0.2) is 66.7 Å². The van der Waals surface area contributed by atoms with Crippen LogP contribution in [0.1, 0.15) is 62.2 Å². The first-order valence-electron chi connectivity index (χ1n) is 14.8. The third-order valence-corrected chi connectivity index (χ3v) is 8.80. The lowest BCUT2D eigenvalue weighted by atomic mass is 9.94. The zero-order chi connectivity index (χ0) is 31.0. The Kier molecular flexibility index (Phi) is 8.20. The van der Waals surface area contributed by atoms with E-state index in [-0.39, 0.29) is 60.8 Å². The number of likely N-dealkylation sites (N-methyl/N-ethyl adjacent to an activating group) is 1. The standard InChI is InChI=1S/C34H33F3N2O5/c1-39-28-12-11-26(18-32(41)38-25-16-22-4-2-3-5-23(22)17-25)44-31(28)19-43-30-13-6-20(14-27(30)33(39)42)15-29(40)21-7-9-24(10-8-21)34(35,36)37/h2-10,13-14,25-26,28,31H,11-12,15-19H2,1H3,(H,38,41)/t26-,28+,31+/m1/s1. The molecule has 0 aromatic heterocycles. The molecule has 3 aromatic carbocycles. The fourth-order valence-electron chi connectivity index (χ4n) is 6.47. The van der Waals surface area contributed by atoms with Crippen LogP contribution in [0.4, 0.5) is 13.2 Å². The van der Waals surface area contributed by atoms with E-state index in [1.165, 1.54) is 11.1 Å². The van der Waals surface area contributed by atoms with Crippen LogP contribution in [-0.2, 0) is 35.0 Å². The molecule has 0 radical (unpaired) electrons. The molecule has 0 bridgehead atoms. The molecule has 1 saturated heterocycles. The number of fused-ring (bicyclic) bond motifs is 3. The Bertz CT molecular complexity index is 1550. The van der Waals surface area contributed by atoms with Crippen molar-refractivity contribution < 1.29 is 37.0 Å². The highest BCUT2D eigenvalue weighted by Gasteiger charge is 2.39. The fourth-order valence-corrected chi connectivity index (χ4v) is 6.47. The average molecular weight is 607 g/mol. The number of alkyl halides is 3. The van der Waals surface area contributed by atoms with Crippen LogP contribution in [0.25, 0.3) is 0 Å². The second-order valence-electron chi connectivity index (χ2n) is 11.8.